The lowest BCUT2D eigenvalue weighted by Gasteiger charge is -2.34. The van der Waals surface area contributed by atoms with Crippen LogP contribution < -0.4 is 14.8 Å². The third-order valence-corrected chi connectivity index (χ3v) is 6.56. The van der Waals surface area contributed by atoms with Crippen LogP contribution in [-0.4, -0.2) is 62.0 Å². The molecule has 2 aliphatic rings. The fourth-order valence-corrected chi connectivity index (χ4v) is 4.91. The predicted octanol–water partition coefficient (Wildman–Crippen LogP) is 3.57. The van der Waals surface area contributed by atoms with Gasteiger partial charge in [-0.15, -0.1) is 0 Å². The molecule has 1 N–H and O–H groups in total. The van der Waals surface area contributed by atoms with E-state index in [4.69, 9.17) is 9.47 Å². The Bertz CT molecular complexity index is 1010. The maximum atomic E-state index is 13.0. The highest BCUT2D eigenvalue weighted by molar-refractivity contribution is 5.99. The number of hydrogen-bond acceptors (Lipinski definition) is 5. The first kappa shape index (κ1) is 23.1. The zero-order valence-corrected chi connectivity index (χ0v) is 19.7. The van der Waals surface area contributed by atoms with Crippen molar-refractivity contribution in [2.24, 2.45) is 5.92 Å². The standard InChI is InChI=1S/C26H33N3O4/c1-18(30)27-22-8-6-19(7-9-22)10-12-28-11-4-5-20(15-28)16-29-17-21-13-24(32-2)25(33-3)14-23(21)26(29)31/h6-9,13-14,20H,4-5,10-12,15-17H2,1-3H3,(H,27,30). The van der Waals surface area contributed by atoms with E-state index in [0.717, 1.165) is 62.3 Å². The number of methoxy groups -OCH3 is 2. The highest BCUT2D eigenvalue weighted by Crippen LogP contribution is 2.35. The number of anilines is 1. The second kappa shape index (κ2) is 10.3. The third-order valence-electron chi connectivity index (χ3n) is 6.56. The van der Waals surface area contributed by atoms with Gasteiger partial charge in [0.25, 0.3) is 5.91 Å². The Morgan fingerprint density at radius 3 is 2.55 bits per heavy atom. The molecule has 7 heteroatoms. The molecule has 0 spiro atoms. The minimum absolute atomic E-state index is 0.0556. The summed E-state index contributed by atoms with van der Waals surface area (Å²) in [7, 11) is 3.21. The van der Waals surface area contributed by atoms with Crippen LogP contribution in [0.2, 0.25) is 0 Å². The summed E-state index contributed by atoms with van der Waals surface area (Å²) in [5, 5.41) is 2.81. The van der Waals surface area contributed by atoms with Crippen molar-refractivity contribution in [2.45, 2.75) is 32.7 Å². The quantitative estimate of drug-likeness (QED) is 0.664. The lowest BCUT2D eigenvalue weighted by atomic mass is 9.97. The van der Waals surface area contributed by atoms with Gasteiger partial charge in [-0.1, -0.05) is 12.1 Å². The fraction of sp³-hybridized carbons (Fsp3) is 0.462. The van der Waals surface area contributed by atoms with E-state index in [1.807, 2.05) is 23.1 Å². The number of nitrogens with one attached hydrogen (secondary N) is 1. The number of piperidine rings is 1. The summed E-state index contributed by atoms with van der Waals surface area (Å²) < 4.78 is 10.8. The van der Waals surface area contributed by atoms with E-state index >= 15 is 0 Å². The second-order valence-corrected chi connectivity index (χ2v) is 8.99. The van der Waals surface area contributed by atoms with E-state index in [1.165, 1.54) is 12.5 Å². The van der Waals surface area contributed by atoms with Crippen molar-refractivity contribution in [1.82, 2.24) is 9.80 Å². The predicted molar refractivity (Wildman–Crippen MR) is 128 cm³/mol. The first-order chi connectivity index (χ1) is 16.0. The van der Waals surface area contributed by atoms with Crippen LogP contribution in [0.5, 0.6) is 11.5 Å². The third kappa shape index (κ3) is 5.47. The van der Waals surface area contributed by atoms with Crippen LogP contribution in [0, 0.1) is 5.92 Å². The number of amides is 2. The lowest BCUT2D eigenvalue weighted by molar-refractivity contribution is -0.114. The molecule has 7 nitrogen and oxygen atoms in total. The van der Waals surface area contributed by atoms with Gasteiger partial charge < -0.3 is 24.6 Å². The van der Waals surface area contributed by atoms with Gasteiger partial charge in [0.1, 0.15) is 0 Å². The Kier molecular flexibility index (Phi) is 7.18. The molecule has 33 heavy (non-hydrogen) atoms. The highest BCUT2D eigenvalue weighted by atomic mass is 16.5. The normalized spacial score (nSPS) is 18.2. The molecule has 4 rings (SSSR count). The van der Waals surface area contributed by atoms with Crippen LogP contribution in [-0.2, 0) is 17.8 Å². The van der Waals surface area contributed by atoms with Crippen molar-refractivity contribution in [3.8, 4) is 11.5 Å². The molecular formula is C26H33N3O4. The number of benzene rings is 2. The van der Waals surface area contributed by atoms with Crippen molar-refractivity contribution in [1.29, 1.82) is 0 Å². The average molecular weight is 452 g/mol. The molecule has 176 valence electrons. The number of carbonyl (C=O) groups excluding carboxylic acids is 2. The zero-order chi connectivity index (χ0) is 23.4. The molecule has 1 saturated heterocycles. The van der Waals surface area contributed by atoms with Gasteiger partial charge in [0.2, 0.25) is 5.91 Å². The molecule has 0 aliphatic carbocycles. The van der Waals surface area contributed by atoms with Gasteiger partial charge in [0, 0.05) is 44.4 Å². The first-order valence-electron chi connectivity index (χ1n) is 11.6. The Morgan fingerprint density at radius 1 is 1.12 bits per heavy atom. The molecule has 0 saturated carbocycles. The van der Waals surface area contributed by atoms with E-state index in [0.29, 0.717) is 24.0 Å². The average Bonchev–Trinajstić information content (AvgIpc) is 3.11. The maximum absolute atomic E-state index is 13.0. The van der Waals surface area contributed by atoms with Crippen molar-refractivity contribution in [2.75, 3.05) is 45.7 Å². The molecule has 1 fully saturated rings. The molecule has 0 aromatic heterocycles. The molecule has 0 bridgehead atoms. The van der Waals surface area contributed by atoms with E-state index in [2.05, 4.69) is 22.3 Å². The summed E-state index contributed by atoms with van der Waals surface area (Å²) >= 11 is 0. The number of nitrogens with zero attached hydrogens (tertiary/aromatic N) is 2. The topological polar surface area (TPSA) is 71.1 Å². The Hall–Kier alpha value is -3.06. The van der Waals surface area contributed by atoms with Crippen LogP contribution in [0.1, 0.15) is 41.3 Å². The number of ether oxygens (including phenoxy) is 2. The van der Waals surface area contributed by atoms with Crippen molar-refractivity contribution >= 4 is 17.5 Å². The monoisotopic (exact) mass is 451 g/mol. The van der Waals surface area contributed by atoms with Gasteiger partial charge in [0.15, 0.2) is 11.5 Å². The van der Waals surface area contributed by atoms with Gasteiger partial charge in [0.05, 0.1) is 14.2 Å². The summed E-state index contributed by atoms with van der Waals surface area (Å²) in [6, 6.07) is 11.8. The highest BCUT2D eigenvalue weighted by Gasteiger charge is 2.32. The minimum atomic E-state index is -0.0556. The number of rotatable bonds is 8. The molecule has 1 atom stereocenters. The molecule has 2 aliphatic heterocycles. The smallest absolute Gasteiger partial charge is 0.254 e. The lowest BCUT2D eigenvalue weighted by Crippen LogP contribution is -2.41. The van der Waals surface area contributed by atoms with Crippen LogP contribution in [0.3, 0.4) is 0 Å². The fourth-order valence-electron chi connectivity index (χ4n) is 4.91. The van der Waals surface area contributed by atoms with Gasteiger partial charge >= 0.3 is 0 Å². The maximum Gasteiger partial charge on any atom is 0.254 e. The van der Waals surface area contributed by atoms with Gasteiger partial charge in [-0.3, -0.25) is 9.59 Å². The summed E-state index contributed by atoms with van der Waals surface area (Å²) in [5.41, 5.74) is 3.83. The molecule has 2 amide bonds. The number of fused-ring (bicyclic) bond motifs is 1. The van der Waals surface area contributed by atoms with Gasteiger partial charge in [-0.05, 0) is 67.1 Å². The summed E-state index contributed by atoms with van der Waals surface area (Å²) in [5.74, 6) is 1.77. The second-order valence-electron chi connectivity index (χ2n) is 8.99. The molecule has 2 aromatic rings. The van der Waals surface area contributed by atoms with E-state index in [9.17, 15) is 9.59 Å². The Morgan fingerprint density at radius 2 is 1.85 bits per heavy atom. The Balaban J connectivity index is 1.31. The van der Waals surface area contributed by atoms with Crippen LogP contribution in [0.25, 0.3) is 0 Å². The SMILES string of the molecule is COc1cc2c(cc1OC)C(=O)N(CC1CCCN(CCc3ccc(NC(C)=O)cc3)C1)C2. The molecule has 2 aromatic carbocycles. The van der Waals surface area contributed by atoms with Crippen molar-refractivity contribution in [3.05, 3.63) is 53.1 Å². The minimum Gasteiger partial charge on any atom is -0.493 e. The summed E-state index contributed by atoms with van der Waals surface area (Å²) in [6.07, 6.45) is 3.28. The van der Waals surface area contributed by atoms with E-state index in [-0.39, 0.29) is 11.8 Å². The molecular weight excluding hydrogens is 418 g/mol. The van der Waals surface area contributed by atoms with E-state index < -0.39 is 0 Å². The number of carbonyl (C=O) groups is 2. The van der Waals surface area contributed by atoms with Crippen LogP contribution in [0.15, 0.2) is 36.4 Å². The first-order valence-corrected chi connectivity index (χ1v) is 11.6. The molecule has 0 radical (unpaired) electrons. The van der Waals surface area contributed by atoms with Crippen LogP contribution >= 0.6 is 0 Å². The summed E-state index contributed by atoms with van der Waals surface area (Å²) in [6.45, 7) is 6.03. The van der Waals surface area contributed by atoms with Crippen molar-refractivity contribution < 1.29 is 19.1 Å². The summed E-state index contributed by atoms with van der Waals surface area (Å²) in [4.78, 5) is 28.7. The number of hydrogen-bond donors (Lipinski definition) is 1. The largest absolute Gasteiger partial charge is 0.493 e. The Labute approximate surface area is 195 Å². The molecule has 1 unspecified atom stereocenters. The van der Waals surface area contributed by atoms with Crippen molar-refractivity contribution in [3.63, 3.8) is 0 Å². The van der Waals surface area contributed by atoms with Gasteiger partial charge in [-0.2, -0.15) is 0 Å². The van der Waals surface area contributed by atoms with Crippen LogP contribution in [0.4, 0.5) is 5.69 Å². The van der Waals surface area contributed by atoms with E-state index in [1.54, 1.807) is 20.3 Å². The van der Waals surface area contributed by atoms with Gasteiger partial charge in [-0.25, -0.2) is 0 Å². The zero-order valence-electron chi connectivity index (χ0n) is 19.7. The number of likely N-dealkylation sites (tertiary alicyclic amines) is 1. The molecule has 2 heterocycles.